The van der Waals surface area contributed by atoms with E-state index in [0.29, 0.717) is 6.42 Å². The van der Waals surface area contributed by atoms with E-state index in [2.05, 4.69) is 19.2 Å². The van der Waals surface area contributed by atoms with Crippen molar-refractivity contribution >= 4 is 5.91 Å². The molecular weight excluding hydrogens is 830 g/mol. The van der Waals surface area contributed by atoms with Crippen molar-refractivity contribution in [1.29, 1.82) is 0 Å². The van der Waals surface area contributed by atoms with Crippen LogP contribution < -0.4 is 5.32 Å². The quantitative estimate of drug-likeness (QED) is 0.0320. The Morgan fingerprint density at radius 1 is 0.556 bits per heavy atom. The number of carbonyl (C=O) groups is 1. The lowest BCUT2D eigenvalue weighted by molar-refractivity contribution is -0.379. The van der Waals surface area contributed by atoms with Crippen LogP contribution in [0.1, 0.15) is 129 Å². The highest BCUT2D eigenvalue weighted by atomic mass is 16.8. The molecule has 19 nitrogen and oxygen atoms in total. The molecule has 17 unspecified atom stereocenters. The van der Waals surface area contributed by atoms with Gasteiger partial charge in [0.25, 0.3) is 0 Å². The van der Waals surface area contributed by atoms with Crippen molar-refractivity contribution in [2.75, 3.05) is 26.4 Å². The van der Waals surface area contributed by atoms with Gasteiger partial charge < -0.3 is 89.9 Å². The highest BCUT2D eigenvalue weighted by Crippen LogP contribution is 2.33. The van der Waals surface area contributed by atoms with E-state index in [-0.39, 0.29) is 18.9 Å². The average molecular weight is 912 g/mol. The van der Waals surface area contributed by atoms with Gasteiger partial charge in [-0.2, -0.15) is 0 Å². The molecule has 1 amide bonds. The standard InChI is InChI=1S/C44H81NO18/c1-3-5-7-9-11-12-13-14-15-16-18-20-22-32(50)45-27(28(49)21-19-17-10-8-6-4-2)26-58-42-38(56)35(53)40(30(24-47)60-42)63-44-39(57)36(54)41(31(25-48)61-44)62-43-37(55)34(52)33(51)29(23-46)59-43/h19,21,27-31,33-44,46-49,51-57H,3-18,20,22-26H2,1-2H3,(H,45,50)/b21-19+. The van der Waals surface area contributed by atoms with Crippen LogP contribution in [0, 0.1) is 0 Å². The van der Waals surface area contributed by atoms with Gasteiger partial charge in [-0.05, 0) is 19.3 Å². The molecular formula is C44H81NO18. The van der Waals surface area contributed by atoms with E-state index in [9.17, 15) is 61.0 Å². The number of unbranched alkanes of at least 4 members (excludes halogenated alkanes) is 15. The maximum Gasteiger partial charge on any atom is 0.220 e. The van der Waals surface area contributed by atoms with Crippen molar-refractivity contribution in [3.63, 3.8) is 0 Å². The molecule has 0 bridgehead atoms. The zero-order chi connectivity index (χ0) is 46.3. The van der Waals surface area contributed by atoms with Crippen molar-refractivity contribution in [3.8, 4) is 0 Å². The molecule has 12 N–H and O–H groups in total. The summed E-state index contributed by atoms with van der Waals surface area (Å²) in [5.74, 6) is -0.284. The molecule has 19 heteroatoms. The van der Waals surface area contributed by atoms with Crippen LogP contribution in [0.25, 0.3) is 0 Å². The molecule has 3 fully saturated rings. The second-order valence-corrected chi connectivity index (χ2v) is 17.2. The second kappa shape index (κ2) is 30.7. The van der Waals surface area contributed by atoms with Crippen LogP contribution in [0.15, 0.2) is 12.2 Å². The third kappa shape index (κ3) is 17.9. The molecule has 3 rings (SSSR count). The summed E-state index contributed by atoms with van der Waals surface area (Å²) in [7, 11) is 0. The molecule has 0 aromatic heterocycles. The summed E-state index contributed by atoms with van der Waals surface area (Å²) < 4.78 is 33.9. The number of aliphatic hydroxyl groups is 11. The Hall–Kier alpha value is -1.47. The number of hydrogen-bond donors (Lipinski definition) is 12. The van der Waals surface area contributed by atoms with E-state index in [1.807, 2.05) is 6.08 Å². The number of aliphatic hydroxyl groups excluding tert-OH is 11. The van der Waals surface area contributed by atoms with Crippen LogP contribution in [-0.4, -0.2) is 193 Å². The molecule has 3 aliphatic heterocycles. The monoisotopic (exact) mass is 912 g/mol. The molecule has 17 atom stereocenters. The van der Waals surface area contributed by atoms with E-state index < -0.39 is 124 Å². The number of ether oxygens (including phenoxy) is 6. The van der Waals surface area contributed by atoms with Gasteiger partial charge in [0.15, 0.2) is 18.9 Å². The van der Waals surface area contributed by atoms with E-state index >= 15 is 0 Å². The van der Waals surface area contributed by atoms with E-state index in [1.54, 1.807) is 6.08 Å². The molecule has 0 aliphatic carbocycles. The van der Waals surface area contributed by atoms with Crippen LogP contribution in [0.5, 0.6) is 0 Å². The van der Waals surface area contributed by atoms with Crippen molar-refractivity contribution < 1.29 is 89.4 Å². The number of allylic oxidation sites excluding steroid dienone is 1. The first-order valence-electron chi connectivity index (χ1n) is 23.4. The van der Waals surface area contributed by atoms with Crippen molar-refractivity contribution in [1.82, 2.24) is 5.32 Å². The smallest absolute Gasteiger partial charge is 0.220 e. The van der Waals surface area contributed by atoms with Gasteiger partial charge in [-0.15, -0.1) is 0 Å². The normalized spacial score (nSPS) is 34.9. The minimum Gasteiger partial charge on any atom is -0.394 e. The number of rotatable bonds is 31. The SMILES string of the molecule is CCCCCC/C=C/C(O)C(COC1OC(CO)C(OC2OC(CO)C(OC3OC(CO)C(O)C(O)C3O)C(O)C2O)C(O)C1O)NC(=O)CCCCCCCCCCCCCC. The highest BCUT2D eigenvalue weighted by molar-refractivity contribution is 5.76. The first kappa shape index (κ1) is 55.9. The molecule has 3 heterocycles. The van der Waals surface area contributed by atoms with Gasteiger partial charge in [-0.1, -0.05) is 116 Å². The largest absolute Gasteiger partial charge is 0.394 e. The van der Waals surface area contributed by atoms with Gasteiger partial charge in [0, 0.05) is 6.42 Å². The molecule has 0 aromatic carbocycles. The lowest BCUT2D eigenvalue weighted by Gasteiger charge is -2.48. The van der Waals surface area contributed by atoms with Crippen molar-refractivity contribution in [2.45, 2.75) is 234 Å². The number of amides is 1. The topological polar surface area (TPSA) is 307 Å². The van der Waals surface area contributed by atoms with E-state index in [0.717, 1.165) is 51.4 Å². The molecule has 3 aliphatic rings. The molecule has 0 spiro atoms. The van der Waals surface area contributed by atoms with Crippen LogP contribution in [-0.2, 0) is 33.2 Å². The zero-order valence-corrected chi connectivity index (χ0v) is 37.3. The Kier molecular flexibility index (Phi) is 27.3. The van der Waals surface area contributed by atoms with Crippen molar-refractivity contribution in [3.05, 3.63) is 12.2 Å². The lowest BCUT2D eigenvalue weighted by atomic mass is 9.96. The highest BCUT2D eigenvalue weighted by Gasteiger charge is 2.53. The van der Waals surface area contributed by atoms with Crippen LogP contribution >= 0.6 is 0 Å². The third-order valence-corrected chi connectivity index (χ3v) is 12.1. The summed E-state index contributed by atoms with van der Waals surface area (Å²) in [6, 6.07) is -0.961. The van der Waals surface area contributed by atoms with Gasteiger partial charge >= 0.3 is 0 Å². The van der Waals surface area contributed by atoms with Gasteiger partial charge in [0.1, 0.15) is 73.2 Å². The zero-order valence-electron chi connectivity index (χ0n) is 37.3. The molecule has 3 saturated heterocycles. The Balaban J connectivity index is 1.57. The minimum atomic E-state index is -1.97. The van der Waals surface area contributed by atoms with Crippen LogP contribution in [0.4, 0.5) is 0 Å². The Morgan fingerprint density at radius 3 is 1.49 bits per heavy atom. The fraction of sp³-hybridized carbons (Fsp3) is 0.932. The maximum atomic E-state index is 13.1. The number of carbonyl (C=O) groups excluding carboxylic acids is 1. The fourth-order valence-electron chi connectivity index (χ4n) is 8.07. The van der Waals surface area contributed by atoms with Crippen molar-refractivity contribution in [2.24, 2.45) is 0 Å². The van der Waals surface area contributed by atoms with Gasteiger partial charge in [-0.25, -0.2) is 0 Å². The van der Waals surface area contributed by atoms with E-state index in [4.69, 9.17) is 28.4 Å². The summed E-state index contributed by atoms with van der Waals surface area (Å²) >= 11 is 0. The first-order chi connectivity index (χ1) is 30.3. The maximum absolute atomic E-state index is 13.1. The number of hydrogen-bond acceptors (Lipinski definition) is 18. The summed E-state index contributed by atoms with van der Waals surface area (Å²) in [6.45, 7) is 1.57. The minimum absolute atomic E-state index is 0.246. The van der Waals surface area contributed by atoms with E-state index in [1.165, 1.54) is 51.4 Å². The Morgan fingerprint density at radius 2 is 0.984 bits per heavy atom. The summed E-state index contributed by atoms with van der Waals surface area (Å²) in [4.78, 5) is 13.1. The Labute approximate surface area is 372 Å². The molecule has 0 aromatic rings. The average Bonchev–Trinajstić information content (AvgIpc) is 3.28. The Bertz CT molecular complexity index is 1230. The van der Waals surface area contributed by atoms with Gasteiger partial charge in [0.2, 0.25) is 5.91 Å². The number of nitrogens with one attached hydrogen (secondary N) is 1. The van der Waals surface area contributed by atoms with Crippen LogP contribution in [0.2, 0.25) is 0 Å². The predicted molar refractivity (Wildman–Crippen MR) is 227 cm³/mol. The molecule has 0 saturated carbocycles. The predicted octanol–water partition coefficient (Wildman–Crippen LogP) is -0.0852. The molecule has 0 radical (unpaired) electrons. The summed E-state index contributed by atoms with van der Waals surface area (Å²) in [5, 5.41) is 119. The fourth-order valence-corrected chi connectivity index (χ4v) is 8.07. The lowest BCUT2D eigenvalue weighted by Crippen LogP contribution is -2.66. The first-order valence-corrected chi connectivity index (χ1v) is 23.4. The van der Waals surface area contributed by atoms with Gasteiger partial charge in [0.05, 0.1) is 38.6 Å². The van der Waals surface area contributed by atoms with Gasteiger partial charge in [-0.3, -0.25) is 4.79 Å². The summed E-state index contributed by atoms with van der Waals surface area (Å²) in [6.07, 6.45) is -4.34. The second-order valence-electron chi connectivity index (χ2n) is 17.2. The summed E-state index contributed by atoms with van der Waals surface area (Å²) in [5.41, 5.74) is 0. The van der Waals surface area contributed by atoms with Crippen LogP contribution in [0.3, 0.4) is 0 Å². The molecule has 63 heavy (non-hydrogen) atoms. The molecule has 370 valence electrons. The third-order valence-electron chi connectivity index (χ3n) is 12.1.